The minimum absolute atomic E-state index is 0.173. The maximum Gasteiger partial charge on any atom is 0.407 e. The van der Waals surface area contributed by atoms with E-state index in [0.29, 0.717) is 47.8 Å². The third-order valence-corrected chi connectivity index (χ3v) is 9.59. The number of alkyl carbamates (subject to hydrolysis) is 1. The number of hydrogen-bond acceptors (Lipinski definition) is 14. The molecule has 0 aliphatic carbocycles. The summed E-state index contributed by atoms with van der Waals surface area (Å²) in [6.45, 7) is 13.1. The maximum absolute atomic E-state index is 13.0. The monoisotopic (exact) mass is 850 g/mol. The molecule has 6 aromatic rings. The van der Waals surface area contributed by atoms with Crippen molar-refractivity contribution >= 4 is 57.6 Å². The summed E-state index contributed by atoms with van der Waals surface area (Å²) in [5.74, 6) is -1.38. The van der Waals surface area contributed by atoms with Crippen LogP contribution in [0.3, 0.4) is 0 Å². The summed E-state index contributed by atoms with van der Waals surface area (Å²) in [6, 6.07) is 11.1. The Morgan fingerprint density at radius 2 is 1.19 bits per heavy atom. The van der Waals surface area contributed by atoms with Crippen molar-refractivity contribution in [1.29, 1.82) is 0 Å². The molecule has 19 nitrogen and oxygen atoms in total. The number of anilines is 2. The zero-order chi connectivity index (χ0) is 45.0. The van der Waals surface area contributed by atoms with E-state index in [1.807, 2.05) is 36.7 Å². The number of rotatable bonds is 16. The number of methoxy groups -OCH3 is 1. The first-order valence-corrected chi connectivity index (χ1v) is 20.1. The number of hydrogen-bond donors (Lipinski definition) is 7. The lowest BCUT2D eigenvalue weighted by atomic mass is 10.1. The molecule has 7 N–H and O–H groups in total. The second kappa shape index (κ2) is 20.9. The molecule has 0 unspecified atom stereocenters. The van der Waals surface area contributed by atoms with Crippen LogP contribution in [0.5, 0.6) is 0 Å². The Balaban J connectivity index is 0.000000259. The number of carboxylic acid groups (broad SMARTS) is 1. The van der Waals surface area contributed by atoms with Crippen LogP contribution in [-0.2, 0) is 27.1 Å². The van der Waals surface area contributed by atoms with Crippen LogP contribution >= 0.6 is 0 Å². The molecular formula is C43H54N12O7. The van der Waals surface area contributed by atoms with Gasteiger partial charge in [0, 0.05) is 23.9 Å². The van der Waals surface area contributed by atoms with E-state index in [0.717, 1.165) is 47.5 Å². The molecule has 0 aliphatic heterocycles. The van der Waals surface area contributed by atoms with Gasteiger partial charge >= 0.3 is 18.0 Å². The molecule has 328 valence electrons. The number of carbonyl (C=O) groups excluding carboxylic acids is 3. The number of aryl methyl sites for hydroxylation is 6. The summed E-state index contributed by atoms with van der Waals surface area (Å²) in [4.78, 5) is 65.7. The Morgan fingerprint density at radius 1 is 0.726 bits per heavy atom. The van der Waals surface area contributed by atoms with Crippen molar-refractivity contribution in [1.82, 2.24) is 51.0 Å². The fourth-order valence-corrected chi connectivity index (χ4v) is 6.75. The average Bonchev–Trinajstić information content (AvgIpc) is 3.90. The molecule has 0 bridgehead atoms. The molecule has 0 spiro atoms. The molecule has 1 atom stereocenters. The number of nitrogens with zero attached hydrogens (tertiary/aromatic N) is 6. The van der Waals surface area contributed by atoms with Crippen molar-refractivity contribution in [3.05, 3.63) is 93.8 Å². The van der Waals surface area contributed by atoms with Gasteiger partial charge in [-0.25, -0.2) is 34.3 Å². The van der Waals surface area contributed by atoms with Crippen LogP contribution in [0.4, 0.5) is 16.7 Å². The van der Waals surface area contributed by atoms with E-state index in [-0.39, 0.29) is 17.7 Å². The van der Waals surface area contributed by atoms with E-state index in [1.54, 1.807) is 48.5 Å². The van der Waals surface area contributed by atoms with E-state index in [1.165, 1.54) is 18.2 Å². The van der Waals surface area contributed by atoms with Gasteiger partial charge < -0.3 is 35.8 Å². The molecule has 19 heteroatoms. The molecule has 0 radical (unpaired) electrons. The van der Waals surface area contributed by atoms with Crippen molar-refractivity contribution in [2.75, 3.05) is 37.4 Å². The van der Waals surface area contributed by atoms with Crippen molar-refractivity contribution in [3.63, 3.8) is 0 Å². The van der Waals surface area contributed by atoms with Gasteiger partial charge in [0.1, 0.15) is 17.2 Å². The second-order valence-corrected chi connectivity index (χ2v) is 15.5. The van der Waals surface area contributed by atoms with Crippen molar-refractivity contribution in [2.45, 2.75) is 85.8 Å². The molecule has 4 aromatic heterocycles. The number of esters is 1. The van der Waals surface area contributed by atoms with E-state index in [9.17, 15) is 19.2 Å². The molecule has 2 amide bonds. The summed E-state index contributed by atoms with van der Waals surface area (Å²) in [5, 5.41) is 37.0. The number of aromatic carboxylic acids is 1. The number of amides is 2. The lowest BCUT2D eigenvalue weighted by Crippen LogP contribution is -2.50. The predicted octanol–water partition coefficient (Wildman–Crippen LogP) is 5.52. The highest BCUT2D eigenvalue weighted by Crippen LogP contribution is 2.20. The molecule has 4 heterocycles. The smallest absolute Gasteiger partial charge is 0.407 e. The second-order valence-electron chi connectivity index (χ2n) is 15.5. The highest BCUT2D eigenvalue weighted by atomic mass is 16.6. The summed E-state index contributed by atoms with van der Waals surface area (Å²) in [6.07, 6.45) is 6.48. The molecule has 0 fully saturated rings. The third kappa shape index (κ3) is 12.4. The van der Waals surface area contributed by atoms with E-state index in [4.69, 9.17) is 14.6 Å². The average molecular weight is 851 g/mol. The number of H-pyrrole nitrogens is 2. The molecule has 2 aromatic carbocycles. The van der Waals surface area contributed by atoms with Gasteiger partial charge in [0.15, 0.2) is 0 Å². The molecular weight excluding hydrogens is 797 g/mol. The topological polar surface area (TPSA) is 264 Å². The SMILES string of the molecule is COC(=O)[C@H](CNC(=O)OC(C)(C)C)NC(=O)c1c(C)nc(NCCCc2cccc3[nH]ncc23)nc1C.Cc1nc(NCCCc2cccc3[nH]ncc23)nc(C)c1C(=O)O. The standard InChI is InChI=1S/C26H35N7O5.C17H19N5O2/c1-15-21(22(34)32-20(23(35)37-6)14-28-25(36)38-26(3,4)5)16(2)31-24(30-15)27-12-8-10-17-9-7-11-19-18(17)13-29-33-19;1-10-15(16(23)24)11(2)21-17(20-10)18-8-4-6-12-5-3-7-14-13(12)9-19-22-14/h7,9,11,13,20H,8,10,12,14H2,1-6H3,(H,28,36)(H,29,33)(H,32,34)(H,27,30,31);3,5,7,9H,4,6,8H2,1-2H3,(H,19,22)(H,23,24)(H,18,20,21)/t20-;/m0./s1. The van der Waals surface area contributed by atoms with Gasteiger partial charge in [-0.1, -0.05) is 24.3 Å². The van der Waals surface area contributed by atoms with E-state index >= 15 is 0 Å². The fraction of sp³-hybridized carbons (Fsp3) is 0.395. The molecule has 6 rings (SSSR count). The molecule has 0 saturated carbocycles. The van der Waals surface area contributed by atoms with Crippen molar-refractivity contribution in [3.8, 4) is 0 Å². The van der Waals surface area contributed by atoms with Gasteiger partial charge in [-0.2, -0.15) is 10.2 Å². The van der Waals surface area contributed by atoms with Crippen LogP contribution in [-0.4, -0.2) is 108 Å². The molecule has 0 saturated heterocycles. The zero-order valence-electron chi connectivity index (χ0n) is 36.2. The number of fused-ring (bicyclic) bond motifs is 2. The number of benzene rings is 2. The summed E-state index contributed by atoms with van der Waals surface area (Å²) >= 11 is 0. The highest BCUT2D eigenvalue weighted by Gasteiger charge is 2.27. The third-order valence-electron chi connectivity index (χ3n) is 9.59. The van der Waals surface area contributed by atoms with Crippen LogP contribution in [0.1, 0.15) is 88.2 Å². The quantitative estimate of drug-likeness (QED) is 0.0467. The van der Waals surface area contributed by atoms with Crippen LogP contribution in [0, 0.1) is 27.7 Å². The largest absolute Gasteiger partial charge is 0.478 e. The number of carboxylic acids is 1. The Morgan fingerprint density at radius 3 is 1.63 bits per heavy atom. The summed E-state index contributed by atoms with van der Waals surface area (Å²) in [5.41, 5.74) is 6.06. The minimum Gasteiger partial charge on any atom is -0.478 e. The maximum atomic E-state index is 13.0. The van der Waals surface area contributed by atoms with Gasteiger partial charge in [0.05, 0.1) is 65.4 Å². The van der Waals surface area contributed by atoms with E-state index in [2.05, 4.69) is 73.7 Å². The molecule has 62 heavy (non-hydrogen) atoms. The predicted molar refractivity (Wildman–Crippen MR) is 233 cm³/mol. The normalized spacial score (nSPS) is 11.6. The number of aromatic nitrogens is 8. The fourth-order valence-electron chi connectivity index (χ4n) is 6.75. The Bertz CT molecular complexity index is 2480. The van der Waals surface area contributed by atoms with Gasteiger partial charge in [-0.15, -0.1) is 0 Å². The summed E-state index contributed by atoms with van der Waals surface area (Å²) < 4.78 is 9.95. The van der Waals surface area contributed by atoms with Gasteiger partial charge in [-0.3, -0.25) is 15.0 Å². The lowest BCUT2D eigenvalue weighted by Gasteiger charge is -2.22. The van der Waals surface area contributed by atoms with E-state index < -0.39 is 35.6 Å². The van der Waals surface area contributed by atoms with Crippen molar-refractivity contribution < 1.29 is 33.8 Å². The lowest BCUT2D eigenvalue weighted by molar-refractivity contribution is -0.142. The van der Waals surface area contributed by atoms with Crippen molar-refractivity contribution in [2.24, 2.45) is 0 Å². The summed E-state index contributed by atoms with van der Waals surface area (Å²) in [7, 11) is 1.20. The number of nitrogens with one attached hydrogen (secondary N) is 6. The van der Waals surface area contributed by atoms with Crippen LogP contribution < -0.4 is 21.3 Å². The van der Waals surface area contributed by atoms with Gasteiger partial charge in [0.2, 0.25) is 11.9 Å². The number of ether oxygens (including phenoxy) is 2. The zero-order valence-corrected chi connectivity index (χ0v) is 36.2. The van der Waals surface area contributed by atoms with Crippen LogP contribution in [0.2, 0.25) is 0 Å². The number of carbonyl (C=O) groups is 4. The molecule has 0 aliphatic rings. The van der Waals surface area contributed by atoms with Crippen LogP contribution in [0.15, 0.2) is 48.8 Å². The number of aromatic amines is 2. The van der Waals surface area contributed by atoms with Crippen LogP contribution in [0.25, 0.3) is 21.8 Å². The first-order chi connectivity index (χ1) is 29.5. The first-order valence-electron chi connectivity index (χ1n) is 20.1. The Labute approximate surface area is 358 Å². The van der Waals surface area contributed by atoms with Gasteiger partial charge in [-0.05, 0) is 97.4 Å². The first kappa shape index (κ1) is 45.9. The minimum atomic E-state index is -1.13. The highest BCUT2D eigenvalue weighted by molar-refractivity contribution is 5.98. The van der Waals surface area contributed by atoms with Gasteiger partial charge in [0.25, 0.3) is 5.91 Å². The Kier molecular flexibility index (Phi) is 15.5. The Hall–Kier alpha value is -7.18.